The zero-order chi connectivity index (χ0) is 14.8. The quantitative estimate of drug-likeness (QED) is 0.947. The molecule has 0 fully saturated rings. The summed E-state index contributed by atoms with van der Waals surface area (Å²) >= 11 is 1.66. The summed E-state index contributed by atoms with van der Waals surface area (Å²) in [7, 11) is 0. The van der Waals surface area contributed by atoms with Gasteiger partial charge in [0.15, 0.2) is 0 Å². The van der Waals surface area contributed by atoms with Gasteiger partial charge in [-0.3, -0.25) is 4.79 Å². The van der Waals surface area contributed by atoms with Crippen LogP contribution in [0.5, 0.6) is 0 Å². The number of fused-ring (bicyclic) bond motifs is 1. The van der Waals surface area contributed by atoms with Gasteiger partial charge in [-0.05, 0) is 36.6 Å². The lowest BCUT2D eigenvalue weighted by Gasteiger charge is -2.36. The molecular formula is C17H19NO2S. The summed E-state index contributed by atoms with van der Waals surface area (Å²) in [6, 6.07) is 11.9. The van der Waals surface area contributed by atoms with Gasteiger partial charge >= 0.3 is 0 Å². The molecule has 0 saturated heterocycles. The molecule has 1 aliphatic rings. The minimum absolute atomic E-state index is 0.0216. The molecule has 21 heavy (non-hydrogen) atoms. The molecule has 110 valence electrons. The number of carbonyl (C=O) groups excluding carboxylic acids is 1. The molecule has 4 heteroatoms. The Hall–Kier alpha value is -1.65. The molecular weight excluding hydrogens is 282 g/mol. The van der Waals surface area contributed by atoms with Crippen molar-refractivity contribution in [2.75, 3.05) is 13.2 Å². The van der Waals surface area contributed by atoms with Crippen LogP contribution in [0.2, 0.25) is 0 Å². The number of aliphatic hydroxyl groups is 1. The maximum atomic E-state index is 12.6. The van der Waals surface area contributed by atoms with Crippen molar-refractivity contribution in [3.05, 3.63) is 57.3 Å². The van der Waals surface area contributed by atoms with Gasteiger partial charge in [-0.1, -0.05) is 24.3 Å². The molecule has 0 radical (unpaired) electrons. The van der Waals surface area contributed by atoms with Crippen LogP contribution in [-0.2, 0) is 17.6 Å². The number of benzene rings is 1. The average Bonchev–Trinajstić information content (AvgIpc) is 2.91. The minimum Gasteiger partial charge on any atom is -0.394 e. The molecule has 0 aliphatic carbocycles. The molecule has 1 aliphatic heterocycles. The van der Waals surface area contributed by atoms with E-state index in [1.165, 1.54) is 10.4 Å². The highest BCUT2D eigenvalue weighted by Crippen LogP contribution is 2.30. The van der Waals surface area contributed by atoms with Crippen LogP contribution in [0.3, 0.4) is 0 Å². The second kappa shape index (κ2) is 6.00. The van der Waals surface area contributed by atoms with Crippen LogP contribution < -0.4 is 0 Å². The van der Waals surface area contributed by atoms with Gasteiger partial charge in [0.05, 0.1) is 19.1 Å². The van der Waals surface area contributed by atoms with Gasteiger partial charge in [-0.15, -0.1) is 11.3 Å². The van der Waals surface area contributed by atoms with E-state index in [1.807, 2.05) is 42.2 Å². The van der Waals surface area contributed by atoms with E-state index in [1.54, 1.807) is 11.3 Å². The summed E-state index contributed by atoms with van der Waals surface area (Å²) in [5.74, 6) is 0.102. The van der Waals surface area contributed by atoms with E-state index < -0.39 is 0 Å². The van der Waals surface area contributed by atoms with E-state index in [4.69, 9.17) is 0 Å². The molecule has 3 nitrogen and oxygen atoms in total. The number of amides is 1. The lowest BCUT2D eigenvalue weighted by Crippen LogP contribution is -2.42. The van der Waals surface area contributed by atoms with Gasteiger partial charge in [0.1, 0.15) is 0 Å². The molecule has 2 aromatic rings. The highest BCUT2D eigenvalue weighted by molar-refractivity contribution is 7.12. The first-order valence-corrected chi connectivity index (χ1v) is 8.04. The maximum absolute atomic E-state index is 12.6. The van der Waals surface area contributed by atoms with Gasteiger partial charge in [-0.25, -0.2) is 0 Å². The number of carbonyl (C=O) groups is 1. The predicted molar refractivity (Wildman–Crippen MR) is 84.4 cm³/mol. The summed E-state index contributed by atoms with van der Waals surface area (Å²) in [5.41, 5.74) is 2.33. The van der Waals surface area contributed by atoms with Gasteiger partial charge in [-0.2, -0.15) is 0 Å². The predicted octanol–water partition coefficient (Wildman–Crippen LogP) is 2.72. The molecule has 2 heterocycles. The summed E-state index contributed by atoms with van der Waals surface area (Å²) in [6.45, 7) is 2.71. The topological polar surface area (TPSA) is 40.5 Å². The zero-order valence-electron chi connectivity index (χ0n) is 12.1. The van der Waals surface area contributed by atoms with E-state index in [2.05, 4.69) is 6.07 Å². The first-order chi connectivity index (χ1) is 10.2. The smallest absolute Gasteiger partial charge is 0.228 e. The largest absolute Gasteiger partial charge is 0.394 e. The van der Waals surface area contributed by atoms with E-state index in [9.17, 15) is 9.90 Å². The van der Waals surface area contributed by atoms with Gasteiger partial charge in [0.2, 0.25) is 5.91 Å². The second-order valence-corrected chi connectivity index (χ2v) is 6.80. The molecule has 0 spiro atoms. The van der Waals surface area contributed by atoms with Crippen LogP contribution in [0.15, 0.2) is 36.4 Å². The fourth-order valence-corrected chi connectivity index (χ4v) is 3.86. The van der Waals surface area contributed by atoms with Crippen LogP contribution in [0.25, 0.3) is 0 Å². The van der Waals surface area contributed by atoms with Crippen LogP contribution >= 0.6 is 11.3 Å². The number of thiophene rings is 1. The number of hydrogen-bond acceptors (Lipinski definition) is 3. The lowest BCUT2D eigenvalue weighted by molar-refractivity contribution is -0.134. The van der Waals surface area contributed by atoms with Crippen molar-refractivity contribution in [3.8, 4) is 0 Å². The van der Waals surface area contributed by atoms with E-state index >= 15 is 0 Å². The van der Waals surface area contributed by atoms with Crippen molar-refractivity contribution in [1.29, 1.82) is 0 Å². The monoisotopic (exact) mass is 301 g/mol. The van der Waals surface area contributed by atoms with Gasteiger partial charge < -0.3 is 10.0 Å². The summed E-state index contributed by atoms with van der Waals surface area (Å²) in [5, 5.41) is 9.74. The first-order valence-electron chi connectivity index (χ1n) is 7.22. The van der Waals surface area contributed by atoms with Crippen molar-refractivity contribution < 1.29 is 9.90 Å². The normalized spacial score (nSPS) is 17.6. The van der Waals surface area contributed by atoms with E-state index in [0.717, 1.165) is 16.9 Å². The highest BCUT2D eigenvalue weighted by atomic mass is 32.1. The van der Waals surface area contributed by atoms with Crippen LogP contribution in [0.1, 0.15) is 26.9 Å². The molecule has 0 saturated carbocycles. The molecule has 0 unspecified atom stereocenters. The van der Waals surface area contributed by atoms with Crippen LogP contribution in [0, 0.1) is 6.92 Å². The molecule has 1 atom stereocenters. The van der Waals surface area contributed by atoms with Gasteiger partial charge in [0, 0.05) is 16.3 Å². The molecule has 1 N–H and O–H groups in total. The Labute approximate surface area is 128 Å². The van der Waals surface area contributed by atoms with E-state index in [0.29, 0.717) is 13.0 Å². The molecule has 1 aromatic carbocycles. The second-order valence-electron chi connectivity index (χ2n) is 5.42. The van der Waals surface area contributed by atoms with Crippen molar-refractivity contribution in [1.82, 2.24) is 4.90 Å². The standard InChI is InChI=1S/C17H19NO2S/c1-12-6-7-14(21-12)10-17(20)18-9-8-13-4-2-3-5-15(13)16(18)11-19/h2-7,16,19H,8-11H2,1H3/t16-/m1/s1. The molecule has 1 amide bonds. The third kappa shape index (κ3) is 2.87. The Morgan fingerprint density at radius 2 is 2.14 bits per heavy atom. The maximum Gasteiger partial charge on any atom is 0.228 e. The third-order valence-electron chi connectivity index (χ3n) is 4.03. The van der Waals surface area contributed by atoms with E-state index in [-0.39, 0.29) is 18.6 Å². The summed E-state index contributed by atoms with van der Waals surface area (Å²) < 4.78 is 0. The molecule has 1 aromatic heterocycles. The Morgan fingerprint density at radius 3 is 2.86 bits per heavy atom. The SMILES string of the molecule is Cc1ccc(CC(=O)N2CCc3ccccc3[C@H]2CO)s1. The summed E-state index contributed by atoms with van der Waals surface area (Å²) in [6.07, 6.45) is 1.29. The molecule has 0 bridgehead atoms. The molecule has 3 rings (SSSR count). The lowest BCUT2D eigenvalue weighted by atomic mass is 9.92. The van der Waals surface area contributed by atoms with Crippen molar-refractivity contribution in [2.24, 2.45) is 0 Å². The third-order valence-corrected chi connectivity index (χ3v) is 5.03. The summed E-state index contributed by atoms with van der Waals surface area (Å²) in [4.78, 5) is 16.7. The fourth-order valence-electron chi connectivity index (χ4n) is 2.98. The van der Waals surface area contributed by atoms with Gasteiger partial charge in [0.25, 0.3) is 0 Å². The average molecular weight is 301 g/mol. The first kappa shape index (κ1) is 14.3. The number of aryl methyl sites for hydroxylation is 1. The van der Waals surface area contributed by atoms with Crippen LogP contribution in [-0.4, -0.2) is 29.1 Å². The van der Waals surface area contributed by atoms with Crippen molar-refractivity contribution >= 4 is 17.2 Å². The van der Waals surface area contributed by atoms with Crippen molar-refractivity contribution in [2.45, 2.75) is 25.8 Å². The number of hydrogen-bond donors (Lipinski definition) is 1. The Balaban J connectivity index is 1.80. The fraction of sp³-hybridized carbons (Fsp3) is 0.353. The van der Waals surface area contributed by atoms with Crippen molar-refractivity contribution in [3.63, 3.8) is 0 Å². The highest BCUT2D eigenvalue weighted by Gasteiger charge is 2.29. The Morgan fingerprint density at radius 1 is 1.33 bits per heavy atom. The van der Waals surface area contributed by atoms with Crippen LogP contribution in [0.4, 0.5) is 0 Å². The minimum atomic E-state index is -0.205. The number of nitrogens with zero attached hydrogens (tertiary/aromatic N) is 1. The number of aliphatic hydroxyl groups excluding tert-OH is 1. The Bertz CT molecular complexity index is 650. The zero-order valence-corrected chi connectivity index (χ0v) is 12.9. The number of rotatable bonds is 3. The Kier molecular flexibility index (Phi) is 4.08.